The molecule has 5 nitrogen and oxygen atoms in total. The molecule has 1 aromatic rings. The third kappa shape index (κ3) is 8.81. The van der Waals surface area contributed by atoms with Gasteiger partial charge in [0.1, 0.15) is 21.5 Å². The first kappa shape index (κ1) is 21.3. The summed E-state index contributed by atoms with van der Waals surface area (Å²) >= 11 is 0. The summed E-state index contributed by atoms with van der Waals surface area (Å²) in [5.41, 5.74) is -0.0860. The van der Waals surface area contributed by atoms with Gasteiger partial charge in [-0.05, 0) is 37.0 Å². The molecule has 0 amide bonds. The predicted octanol–water partition coefficient (Wildman–Crippen LogP) is 2.48. The van der Waals surface area contributed by atoms with Crippen LogP contribution in [0.2, 0.25) is 0 Å². The number of hydrogen-bond donors (Lipinski definition) is 2. The van der Waals surface area contributed by atoms with Crippen LogP contribution >= 0.6 is 0 Å². The first-order valence-electron chi connectivity index (χ1n) is 8.16. The van der Waals surface area contributed by atoms with E-state index in [0.717, 1.165) is 18.2 Å². The first-order valence-corrected chi connectivity index (χ1v) is 10.2. The topological polar surface area (TPSA) is 70.6 Å². The fraction of sp³-hybridized carbons (Fsp3) is 0.588. The van der Waals surface area contributed by atoms with Crippen LogP contribution in [-0.4, -0.2) is 39.5 Å². The van der Waals surface area contributed by atoms with Crippen LogP contribution in [0, 0.1) is 17.0 Å². The van der Waals surface area contributed by atoms with Crippen molar-refractivity contribution < 1.29 is 17.2 Å². The lowest BCUT2D eigenvalue weighted by Gasteiger charge is -2.25. The minimum atomic E-state index is -3.01. The Morgan fingerprint density at radius 1 is 1.24 bits per heavy atom. The van der Waals surface area contributed by atoms with E-state index in [0.29, 0.717) is 25.5 Å². The van der Waals surface area contributed by atoms with Crippen molar-refractivity contribution in [2.75, 3.05) is 25.1 Å². The van der Waals surface area contributed by atoms with Crippen molar-refractivity contribution in [3.63, 3.8) is 0 Å². The van der Waals surface area contributed by atoms with E-state index in [1.165, 1.54) is 6.26 Å². The molecule has 0 fully saturated rings. The maximum atomic E-state index is 13.7. The molecule has 0 aliphatic rings. The molecule has 0 aliphatic carbocycles. The SMILES string of the molecule is CCNC(=NCc1cc(F)ccc1F)NCC(C)(C)CCS(C)(=O)=O. The smallest absolute Gasteiger partial charge is 0.191 e. The van der Waals surface area contributed by atoms with E-state index in [-0.39, 0.29) is 23.3 Å². The molecule has 0 bridgehead atoms. The van der Waals surface area contributed by atoms with E-state index < -0.39 is 21.5 Å². The highest BCUT2D eigenvalue weighted by molar-refractivity contribution is 7.90. The van der Waals surface area contributed by atoms with Gasteiger partial charge in [-0.1, -0.05) is 13.8 Å². The van der Waals surface area contributed by atoms with Gasteiger partial charge in [-0.25, -0.2) is 22.2 Å². The van der Waals surface area contributed by atoms with E-state index in [4.69, 9.17) is 0 Å². The Morgan fingerprint density at radius 3 is 2.52 bits per heavy atom. The van der Waals surface area contributed by atoms with Gasteiger partial charge >= 0.3 is 0 Å². The molecular formula is C17H27F2N3O2S. The summed E-state index contributed by atoms with van der Waals surface area (Å²) in [5, 5.41) is 6.17. The fourth-order valence-corrected chi connectivity index (χ4v) is 2.97. The van der Waals surface area contributed by atoms with Crippen LogP contribution in [0.5, 0.6) is 0 Å². The zero-order valence-corrected chi connectivity index (χ0v) is 16.0. The van der Waals surface area contributed by atoms with Crippen LogP contribution in [0.4, 0.5) is 8.78 Å². The van der Waals surface area contributed by atoms with Crippen molar-refractivity contribution in [2.24, 2.45) is 10.4 Å². The number of hydrogen-bond acceptors (Lipinski definition) is 3. The summed E-state index contributed by atoms with van der Waals surface area (Å²) in [6, 6.07) is 3.27. The number of halogens is 2. The Balaban J connectivity index is 2.71. The van der Waals surface area contributed by atoms with E-state index in [2.05, 4.69) is 15.6 Å². The lowest BCUT2D eigenvalue weighted by atomic mass is 9.90. The van der Waals surface area contributed by atoms with Gasteiger partial charge in [0.15, 0.2) is 5.96 Å². The lowest BCUT2D eigenvalue weighted by Crippen LogP contribution is -2.42. The first-order chi connectivity index (χ1) is 11.5. The van der Waals surface area contributed by atoms with Crippen LogP contribution < -0.4 is 10.6 Å². The number of sulfone groups is 1. The molecule has 0 saturated heterocycles. The molecule has 8 heteroatoms. The van der Waals surface area contributed by atoms with Crippen molar-refractivity contribution in [3.05, 3.63) is 35.4 Å². The minimum Gasteiger partial charge on any atom is -0.357 e. The van der Waals surface area contributed by atoms with Gasteiger partial charge in [-0.2, -0.15) is 0 Å². The molecule has 0 radical (unpaired) electrons. The zero-order valence-electron chi connectivity index (χ0n) is 15.2. The van der Waals surface area contributed by atoms with Gasteiger partial charge in [-0.15, -0.1) is 0 Å². The van der Waals surface area contributed by atoms with Crippen LogP contribution in [-0.2, 0) is 16.4 Å². The fourth-order valence-electron chi connectivity index (χ4n) is 2.04. The molecule has 0 spiro atoms. The lowest BCUT2D eigenvalue weighted by molar-refractivity contribution is 0.348. The van der Waals surface area contributed by atoms with Crippen LogP contribution in [0.15, 0.2) is 23.2 Å². The summed E-state index contributed by atoms with van der Waals surface area (Å²) in [5.74, 6) is -0.427. The second kappa shape index (κ2) is 9.12. The molecule has 1 rings (SSSR count). The average molecular weight is 375 g/mol. The molecule has 0 heterocycles. The quantitative estimate of drug-likeness (QED) is 0.541. The highest BCUT2D eigenvalue weighted by Gasteiger charge is 2.20. The van der Waals surface area contributed by atoms with Crippen LogP contribution in [0.25, 0.3) is 0 Å². The largest absolute Gasteiger partial charge is 0.357 e. The van der Waals surface area contributed by atoms with Gasteiger partial charge in [0.05, 0.1) is 12.3 Å². The summed E-state index contributed by atoms with van der Waals surface area (Å²) < 4.78 is 49.5. The molecule has 0 saturated carbocycles. The van der Waals surface area contributed by atoms with Crippen molar-refractivity contribution in [2.45, 2.75) is 33.7 Å². The molecule has 0 aliphatic heterocycles. The van der Waals surface area contributed by atoms with Gasteiger partial charge in [0, 0.05) is 24.9 Å². The molecular weight excluding hydrogens is 348 g/mol. The highest BCUT2D eigenvalue weighted by atomic mass is 32.2. The monoisotopic (exact) mass is 375 g/mol. The van der Waals surface area contributed by atoms with Gasteiger partial charge in [0.25, 0.3) is 0 Å². The summed E-state index contributed by atoms with van der Waals surface area (Å²) in [4.78, 5) is 4.27. The van der Waals surface area contributed by atoms with Crippen molar-refractivity contribution >= 4 is 15.8 Å². The van der Waals surface area contributed by atoms with E-state index in [1.807, 2.05) is 20.8 Å². The zero-order chi connectivity index (χ0) is 19.1. The molecule has 0 unspecified atom stereocenters. The Bertz CT molecular complexity index is 704. The minimum absolute atomic E-state index is 0.00267. The number of nitrogens with zero attached hydrogens (tertiary/aromatic N) is 1. The normalized spacial score (nSPS) is 13.0. The Kier molecular flexibility index (Phi) is 7.79. The molecule has 0 aromatic heterocycles. The average Bonchev–Trinajstić information content (AvgIpc) is 2.51. The molecule has 25 heavy (non-hydrogen) atoms. The van der Waals surface area contributed by atoms with Gasteiger partial charge in [-0.3, -0.25) is 0 Å². The number of nitrogens with one attached hydrogen (secondary N) is 2. The second-order valence-corrected chi connectivity index (χ2v) is 9.09. The summed E-state index contributed by atoms with van der Waals surface area (Å²) in [7, 11) is -3.01. The Morgan fingerprint density at radius 2 is 1.92 bits per heavy atom. The molecule has 2 N–H and O–H groups in total. The van der Waals surface area contributed by atoms with Gasteiger partial charge < -0.3 is 10.6 Å². The van der Waals surface area contributed by atoms with Crippen molar-refractivity contribution in [1.29, 1.82) is 0 Å². The van der Waals surface area contributed by atoms with Crippen molar-refractivity contribution in [3.8, 4) is 0 Å². The van der Waals surface area contributed by atoms with Gasteiger partial charge in [0.2, 0.25) is 0 Å². The maximum absolute atomic E-state index is 13.7. The summed E-state index contributed by atoms with van der Waals surface area (Å²) in [6.07, 6.45) is 1.73. The van der Waals surface area contributed by atoms with Crippen molar-refractivity contribution in [1.82, 2.24) is 10.6 Å². The number of guanidine groups is 1. The maximum Gasteiger partial charge on any atom is 0.191 e. The van der Waals surface area contributed by atoms with E-state index >= 15 is 0 Å². The number of rotatable bonds is 8. The standard InChI is InChI=1S/C17H27F2N3O2S/c1-5-20-16(21-11-13-10-14(18)6-7-15(13)19)22-12-17(2,3)8-9-25(4,23)24/h6-7,10H,5,8-9,11-12H2,1-4H3,(H2,20,21,22). The van der Waals surface area contributed by atoms with Crippen LogP contribution in [0.3, 0.4) is 0 Å². The van der Waals surface area contributed by atoms with Crippen LogP contribution in [0.1, 0.15) is 32.8 Å². The second-order valence-electron chi connectivity index (χ2n) is 6.83. The number of aliphatic imine (C=N–C) groups is 1. The summed E-state index contributed by atoms with van der Waals surface area (Å²) in [6.45, 7) is 6.93. The molecule has 1 aromatic carbocycles. The third-order valence-electron chi connectivity index (χ3n) is 3.64. The molecule has 142 valence electrons. The Hall–Kier alpha value is -1.70. The van der Waals surface area contributed by atoms with E-state index in [9.17, 15) is 17.2 Å². The Labute approximate surface area is 148 Å². The predicted molar refractivity (Wildman–Crippen MR) is 97.3 cm³/mol. The highest BCUT2D eigenvalue weighted by Crippen LogP contribution is 2.19. The third-order valence-corrected chi connectivity index (χ3v) is 4.59. The molecule has 0 atom stereocenters. The van der Waals surface area contributed by atoms with E-state index in [1.54, 1.807) is 0 Å². The number of benzene rings is 1.